The van der Waals surface area contributed by atoms with Gasteiger partial charge in [-0.05, 0) is 18.9 Å². The van der Waals surface area contributed by atoms with Gasteiger partial charge in [0.05, 0.1) is 0 Å². The van der Waals surface area contributed by atoms with E-state index >= 15 is 0 Å². The van der Waals surface area contributed by atoms with Gasteiger partial charge in [0, 0.05) is 12.6 Å². The first-order valence-corrected chi connectivity index (χ1v) is 3.83. The maximum Gasteiger partial charge on any atom is 0.185 e. The quantitative estimate of drug-likeness (QED) is 0.228. The number of hydrogen-bond donors (Lipinski definition) is 3. The van der Waals surface area contributed by atoms with Crippen molar-refractivity contribution in [2.24, 2.45) is 22.2 Å². The Balaban J connectivity index is 3.43. The van der Waals surface area contributed by atoms with Gasteiger partial charge < -0.3 is 17.2 Å². The Morgan fingerprint density at radius 2 is 2.25 bits per heavy atom. The average molecular weight is 168 g/mol. The highest BCUT2D eigenvalue weighted by Crippen LogP contribution is 1.95. The molecule has 4 heteroatoms. The maximum atomic E-state index is 5.63. The van der Waals surface area contributed by atoms with Crippen LogP contribution in [0.3, 0.4) is 0 Å². The average Bonchev–Trinajstić information content (AvgIpc) is 1.98. The molecular weight excluding hydrogens is 152 g/mol. The van der Waals surface area contributed by atoms with Crippen molar-refractivity contribution in [3.05, 3.63) is 18.4 Å². The lowest BCUT2D eigenvalue weighted by Gasteiger charge is -2.02. The van der Waals surface area contributed by atoms with Crippen LogP contribution in [0.2, 0.25) is 0 Å². The van der Waals surface area contributed by atoms with E-state index in [9.17, 15) is 0 Å². The zero-order chi connectivity index (χ0) is 9.40. The van der Waals surface area contributed by atoms with Crippen molar-refractivity contribution in [3.8, 4) is 0 Å². The molecule has 0 rings (SSSR count). The molecular formula is C8H16N4. The zero-order valence-corrected chi connectivity index (χ0v) is 7.16. The topological polar surface area (TPSA) is 90.4 Å². The maximum absolute atomic E-state index is 5.63. The molecule has 0 aromatic heterocycles. The second-order valence-corrected chi connectivity index (χ2v) is 2.48. The lowest BCUT2D eigenvalue weighted by Crippen LogP contribution is -2.23. The van der Waals surface area contributed by atoms with Gasteiger partial charge in [0.2, 0.25) is 0 Å². The molecule has 0 heterocycles. The summed E-state index contributed by atoms with van der Waals surface area (Å²) < 4.78 is 0. The van der Waals surface area contributed by atoms with Crippen molar-refractivity contribution in [2.75, 3.05) is 6.54 Å². The van der Waals surface area contributed by atoms with Crippen LogP contribution >= 0.6 is 0 Å². The SMILES string of the molecule is C=C=CC(N)CCCN=C(N)N. The summed E-state index contributed by atoms with van der Waals surface area (Å²) in [6, 6.07) is 0.0108. The fraction of sp³-hybridized carbons (Fsp3) is 0.500. The predicted molar refractivity (Wildman–Crippen MR) is 51.6 cm³/mol. The molecule has 0 amide bonds. The third-order valence-electron chi connectivity index (χ3n) is 1.32. The zero-order valence-electron chi connectivity index (χ0n) is 7.16. The molecule has 1 unspecified atom stereocenters. The van der Waals surface area contributed by atoms with Crippen LogP contribution in [-0.4, -0.2) is 18.5 Å². The van der Waals surface area contributed by atoms with Crippen LogP contribution < -0.4 is 17.2 Å². The first-order valence-electron chi connectivity index (χ1n) is 3.83. The van der Waals surface area contributed by atoms with Gasteiger partial charge in [-0.1, -0.05) is 6.58 Å². The molecule has 1 atom stereocenters. The van der Waals surface area contributed by atoms with Crippen LogP contribution in [0.5, 0.6) is 0 Å². The molecule has 68 valence electrons. The van der Waals surface area contributed by atoms with E-state index in [2.05, 4.69) is 17.3 Å². The molecule has 0 aromatic carbocycles. The van der Waals surface area contributed by atoms with E-state index in [4.69, 9.17) is 17.2 Å². The summed E-state index contributed by atoms with van der Waals surface area (Å²) in [4.78, 5) is 3.82. The van der Waals surface area contributed by atoms with Gasteiger partial charge in [0.25, 0.3) is 0 Å². The Morgan fingerprint density at radius 3 is 2.75 bits per heavy atom. The molecule has 0 bridgehead atoms. The molecule has 0 aliphatic carbocycles. The highest BCUT2D eigenvalue weighted by Gasteiger charge is 1.95. The predicted octanol–water partition coefficient (Wildman–Crippen LogP) is -0.292. The van der Waals surface area contributed by atoms with E-state index in [1.54, 1.807) is 6.08 Å². The summed E-state index contributed by atoms with van der Waals surface area (Å²) in [6.07, 6.45) is 3.45. The number of rotatable bonds is 5. The molecule has 12 heavy (non-hydrogen) atoms. The van der Waals surface area contributed by atoms with Crippen LogP contribution in [-0.2, 0) is 0 Å². The smallest absolute Gasteiger partial charge is 0.185 e. The first kappa shape index (κ1) is 10.8. The second kappa shape index (κ2) is 6.46. The standard InChI is InChI=1S/C8H16N4/c1-2-4-7(9)5-3-6-12-8(10)11/h4,7H,1,3,5-6,9H2,(H4,10,11,12). The molecule has 6 N–H and O–H groups in total. The fourth-order valence-corrected chi connectivity index (χ4v) is 0.770. The number of nitrogens with zero attached hydrogens (tertiary/aromatic N) is 1. The summed E-state index contributed by atoms with van der Waals surface area (Å²) in [6.45, 7) is 4.06. The monoisotopic (exact) mass is 168 g/mol. The van der Waals surface area contributed by atoms with Crippen molar-refractivity contribution in [3.63, 3.8) is 0 Å². The van der Waals surface area contributed by atoms with Crippen LogP contribution in [0.1, 0.15) is 12.8 Å². The Kier molecular flexibility index (Phi) is 5.79. The summed E-state index contributed by atoms with van der Waals surface area (Å²) >= 11 is 0. The van der Waals surface area contributed by atoms with Crippen molar-refractivity contribution < 1.29 is 0 Å². The van der Waals surface area contributed by atoms with E-state index in [1.807, 2.05) is 0 Å². The van der Waals surface area contributed by atoms with Crippen molar-refractivity contribution in [1.29, 1.82) is 0 Å². The van der Waals surface area contributed by atoms with Gasteiger partial charge in [0.1, 0.15) is 0 Å². The normalized spacial score (nSPS) is 11.4. The third kappa shape index (κ3) is 6.86. The molecule has 0 saturated carbocycles. The molecule has 0 spiro atoms. The van der Waals surface area contributed by atoms with Gasteiger partial charge >= 0.3 is 0 Å². The fourth-order valence-electron chi connectivity index (χ4n) is 0.770. The summed E-state index contributed by atoms with van der Waals surface area (Å²) in [5.74, 6) is 0.128. The first-order chi connectivity index (χ1) is 5.66. The molecule has 0 radical (unpaired) electrons. The Hall–Kier alpha value is -1.25. The van der Waals surface area contributed by atoms with Gasteiger partial charge in [-0.15, -0.1) is 5.73 Å². The lowest BCUT2D eigenvalue weighted by atomic mass is 10.2. The minimum atomic E-state index is 0.0108. The van der Waals surface area contributed by atoms with Crippen LogP contribution in [0.15, 0.2) is 23.4 Å². The van der Waals surface area contributed by atoms with Crippen molar-refractivity contribution in [2.45, 2.75) is 18.9 Å². The molecule has 4 nitrogen and oxygen atoms in total. The minimum absolute atomic E-state index is 0.0108. The summed E-state index contributed by atoms with van der Waals surface area (Å²) in [5, 5.41) is 0. The van der Waals surface area contributed by atoms with Crippen LogP contribution in [0, 0.1) is 0 Å². The lowest BCUT2D eigenvalue weighted by molar-refractivity contribution is 0.675. The van der Waals surface area contributed by atoms with Gasteiger partial charge in [-0.25, -0.2) is 0 Å². The summed E-state index contributed by atoms with van der Waals surface area (Å²) in [5.41, 5.74) is 18.5. The number of aliphatic imine (C=N–C) groups is 1. The van der Waals surface area contributed by atoms with Gasteiger partial charge in [0.15, 0.2) is 5.96 Å². The number of nitrogens with two attached hydrogens (primary N) is 3. The Bertz CT molecular complexity index is 187. The van der Waals surface area contributed by atoms with Crippen LogP contribution in [0.25, 0.3) is 0 Å². The van der Waals surface area contributed by atoms with E-state index < -0.39 is 0 Å². The molecule has 0 aromatic rings. The number of guanidine groups is 1. The molecule has 0 fully saturated rings. The minimum Gasteiger partial charge on any atom is -0.370 e. The molecule has 0 saturated heterocycles. The Labute approximate surface area is 72.8 Å². The molecule has 0 aliphatic heterocycles. The van der Waals surface area contributed by atoms with E-state index in [0.29, 0.717) is 6.54 Å². The third-order valence-corrected chi connectivity index (χ3v) is 1.32. The molecule has 0 aliphatic rings. The van der Waals surface area contributed by atoms with Crippen molar-refractivity contribution in [1.82, 2.24) is 0 Å². The van der Waals surface area contributed by atoms with Gasteiger partial charge in [-0.3, -0.25) is 4.99 Å². The number of hydrogen-bond acceptors (Lipinski definition) is 2. The highest BCUT2D eigenvalue weighted by molar-refractivity contribution is 5.75. The van der Waals surface area contributed by atoms with Crippen molar-refractivity contribution >= 4 is 5.96 Å². The largest absolute Gasteiger partial charge is 0.370 e. The highest BCUT2D eigenvalue weighted by atomic mass is 15.0. The van der Waals surface area contributed by atoms with E-state index in [-0.39, 0.29) is 12.0 Å². The van der Waals surface area contributed by atoms with Crippen LogP contribution in [0.4, 0.5) is 0 Å². The summed E-state index contributed by atoms with van der Waals surface area (Å²) in [7, 11) is 0. The van der Waals surface area contributed by atoms with E-state index in [0.717, 1.165) is 12.8 Å². The van der Waals surface area contributed by atoms with E-state index in [1.165, 1.54) is 0 Å². The Morgan fingerprint density at radius 1 is 1.58 bits per heavy atom. The van der Waals surface area contributed by atoms with Gasteiger partial charge in [-0.2, -0.15) is 0 Å². The second-order valence-electron chi connectivity index (χ2n) is 2.48.